The first-order valence-electron chi connectivity index (χ1n) is 8.36. The van der Waals surface area contributed by atoms with Crippen LogP contribution in [0.5, 0.6) is 5.75 Å². The van der Waals surface area contributed by atoms with Gasteiger partial charge in [0.25, 0.3) is 0 Å². The molecular formula is C17H22N4O3S. The molecule has 0 bridgehead atoms. The van der Waals surface area contributed by atoms with E-state index in [1.807, 2.05) is 38.1 Å². The summed E-state index contributed by atoms with van der Waals surface area (Å²) in [7, 11) is 1.65. The van der Waals surface area contributed by atoms with Crippen molar-refractivity contribution in [3.8, 4) is 5.75 Å². The molecule has 1 aliphatic rings. The number of esters is 1. The molecule has 0 spiro atoms. The minimum Gasteiger partial charge on any atom is -0.497 e. The van der Waals surface area contributed by atoms with Crippen molar-refractivity contribution >= 4 is 29.4 Å². The Balaban J connectivity index is 1.77. The summed E-state index contributed by atoms with van der Waals surface area (Å²) < 4.78 is 12.4. The second kappa shape index (κ2) is 7.77. The van der Waals surface area contributed by atoms with Crippen LogP contribution in [0, 0.1) is 0 Å². The molecule has 0 amide bonds. The molecule has 1 aromatic heterocycles. The zero-order valence-electron chi connectivity index (χ0n) is 14.6. The molecule has 0 unspecified atom stereocenters. The van der Waals surface area contributed by atoms with Crippen LogP contribution in [0.4, 0.5) is 11.6 Å². The van der Waals surface area contributed by atoms with Gasteiger partial charge < -0.3 is 14.4 Å². The largest absolute Gasteiger partial charge is 0.497 e. The van der Waals surface area contributed by atoms with E-state index in [9.17, 15) is 4.79 Å². The minimum absolute atomic E-state index is 0.197. The summed E-state index contributed by atoms with van der Waals surface area (Å²) >= 11 is 1.42. The number of ether oxygens (including phenoxy) is 2. The molecule has 1 aliphatic heterocycles. The highest BCUT2D eigenvalue weighted by molar-refractivity contribution is 8.00. The van der Waals surface area contributed by atoms with E-state index in [4.69, 9.17) is 9.47 Å². The number of hydrogen-bond acceptors (Lipinski definition) is 7. The van der Waals surface area contributed by atoms with Gasteiger partial charge in [-0.15, -0.1) is 10.2 Å². The van der Waals surface area contributed by atoms with E-state index in [-0.39, 0.29) is 11.2 Å². The number of methoxy groups -OCH3 is 1. The van der Waals surface area contributed by atoms with Crippen LogP contribution in [0.25, 0.3) is 0 Å². The number of anilines is 2. The average Bonchev–Trinajstić information content (AvgIpc) is 3.22. The fourth-order valence-corrected chi connectivity index (χ4v) is 3.70. The number of benzene rings is 1. The van der Waals surface area contributed by atoms with Crippen LogP contribution in [-0.4, -0.2) is 46.2 Å². The quantitative estimate of drug-likeness (QED) is 0.554. The standard InChI is InChI=1S/C17H22N4O3S/c1-4-14(15(22)24-5-2)25-17-19-18-16-20(10-11-21(16)17)12-6-8-13(23-3)9-7-12/h6-9,14H,4-5,10-11H2,1-3H3/t14-/m1/s1. The third-order valence-electron chi connectivity index (χ3n) is 4.04. The van der Waals surface area contributed by atoms with Gasteiger partial charge in [0.05, 0.1) is 13.7 Å². The van der Waals surface area contributed by atoms with Gasteiger partial charge in [-0.2, -0.15) is 0 Å². The van der Waals surface area contributed by atoms with Crippen LogP contribution >= 0.6 is 11.8 Å². The monoisotopic (exact) mass is 362 g/mol. The average molecular weight is 362 g/mol. The van der Waals surface area contributed by atoms with Gasteiger partial charge in [0, 0.05) is 18.8 Å². The van der Waals surface area contributed by atoms with E-state index < -0.39 is 0 Å². The van der Waals surface area contributed by atoms with Crippen molar-refractivity contribution in [2.24, 2.45) is 0 Å². The molecule has 0 saturated heterocycles. The van der Waals surface area contributed by atoms with E-state index in [0.29, 0.717) is 13.0 Å². The zero-order chi connectivity index (χ0) is 17.8. The van der Waals surface area contributed by atoms with Crippen molar-refractivity contribution in [2.75, 3.05) is 25.2 Å². The van der Waals surface area contributed by atoms with Gasteiger partial charge in [0.1, 0.15) is 11.0 Å². The second-order valence-electron chi connectivity index (χ2n) is 5.55. The minimum atomic E-state index is -0.261. The van der Waals surface area contributed by atoms with Gasteiger partial charge in [0.15, 0.2) is 5.16 Å². The van der Waals surface area contributed by atoms with Crippen molar-refractivity contribution in [2.45, 2.75) is 37.2 Å². The molecule has 8 heteroatoms. The van der Waals surface area contributed by atoms with Crippen molar-refractivity contribution in [3.05, 3.63) is 24.3 Å². The summed E-state index contributed by atoms with van der Waals surface area (Å²) in [4.78, 5) is 14.1. The molecule has 134 valence electrons. The van der Waals surface area contributed by atoms with Crippen molar-refractivity contribution in [3.63, 3.8) is 0 Å². The Morgan fingerprint density at radius 1 is 1.24 bits per heavy atom. The highest BCUT2D eigenvalue weighted by Gasteiger charge is 2.29. The predicted molar refractivity (Wildman–Crippen MR) is 96.6 cm³/mol. The van der Waals surface area contributed by atoms with E-state index >= 15 is 0 Å². The zero-order valence-corrected chi connectivity index (χ0v) is 15.5. The Hall–Kier alpha value is -2.22. The predicted octanol–water partition coefficient (Wildman–Crippen LogP) is 2.87. The molecule has 7 nitrogen and oxygen atoms in total. The molecule has 2 heterocycles. The molecule has 0 N–H and O–H groups in total. The maximum atomic E-state index is 12.0. The number of fused-ring (bicyclic) bond motifs is 1. The molecular weight excluding hydrogens is 340 g/mol. The molecule has 0 saturated carbocycles. The molecule has 0 radical (unpaired) electrons. The number of carbonyl (C=O) groups excluding carboxylic acids is 1. The number of carbonyl (C=O) groups is 1. The third kappa shape index (κ3) is 3.58. The topological polar surface area (TPSA) is 69.5 Å². The number of thioether (sulfide) groups is 1. The van der Waals surface area contributed by atoms with Gasteiger partial charge >= 0.3 is 5.97 Å². The Morgan fingerprint density at radius 2 is 2.00 bits per heavy atom. The van der Waals surface area contributed by atoms with Crippen LogP contribution in [0.2, 0.25) is 0 Å². The molecule has 0 aliphatic carbocycles. The number of nitrogens with zero attached hydrogens (tertiary/aromatic N) is 4. The lowest BCUT2D eigenvalue weighted by molar-refractivity contribution is -0.142. The summed E-state index contributed by atoms with van der Waals surface area (Å²) in [6.45, 7) is 5.78. The highest BCUT2D eigenvalue weighted by atomic mass is 32.2. The first kappa shape index (κ1) is 17.6. The Kier molecular flexibility index (Phi) is 5.47. The Morgan fingerprint density at radius 3 is 2.64 bits per heavy atom. The summed E-state index contributed by atoms with van der Waals surface area (Å²) in [6, 6.07) is 7.86. The number of rotatable bonds is 7. The second-order valence-corrected chi connectivity index (χ2v) is 6.72. The van der Waals surface area contributed by atoms with Crippen LogP contribution in [0.15, 0.2) is 29.4 Å². The summed E-state index contributed by atoms with van der Waals surface area (Å²) in [5, 5.41) is 9.10. The summed E-state index contributed by atoms with van der Waals surface area (Å²) in [5.41, 5.74) is 1.04. The SMILES string of the molecule is CCOC(=O)[C@@H](CC)Sc1nnc2n1CCN2c1ccc(OC)cc1. The lowest BCUT2D eigenvalue weighted by Crippen LogP contribution is -2.20. The lowest BCUT2D eigenvalue weighted by atomic mass is 10.3. The molecule has 25 heavy (non-hydrogen) atoms. The van der Waals surface area contributed by atoms with E-state index in [1.54, 1.807) is 7.11 Å². The molecule has 1 atom stereocenters. The third-order valence-corrected chi connectivity index (χ3v) is 5.36. The van der Waals surface area contributed by atoms with Crippen LogP contribution in [0.1, 0.15) is 20.3 Å². The summed E-state index contributed by atoms with van der Waals surface area (Å²) in [5.74, 6) is 1.42. The number of hydrogen-bond donors (Lipinski definition) is 0. The van der Waals surface area contributed by atoms with Crippen LogP contribution in [0.3, 0.4) is 0 Å². The van der Waals surface area contributed by atoms with Gasteiger partial charge in [-0.1, -0.05) is 18.7 Å². The Bertz CT molecular complexity index is 732. The molecule has 3 rings (SSSR count). The smallest absolute Gasteiger partial charge is 0.319 e. The normalized spacial score (nSPS) is 14.3. The van der Waals surface area contributed by atoms with Crippen molar-refractivity contribution in [1.29, 1.82) is 0 Å². The van der Waals surface area contributed by atoms with Crippen LogP contribution < -0.4 is 9.64 Å². The molecule has 1 aromatic carbocycles. The molecule has 2 aromatic rings. The highest BCUT2D eigenvalue weighted by Crippen LogP contribution is 2.34. The van der Waals surface area contributed by atoms with Crippen LogP contribution in [-0.2, 0) is 16.1 Å². The first-order chi connectivity index (χ1) is 12.2. The first-order valence-corrected chi connectivity index (χ1v) is 9.24. The number of aromatic nitrogens is 3. The van der Waals surface area contributed by atoms with Gasteiger partial charge in [-0.3, -0.25) is 9.36 Å². The van der Waals surface area contributed by atoms with Gasteiger partial charge in [-0.25, -0.2) is 0 Å². The van der Waals surface area contributed by atoms with Crippen molar-refractivity contribution in [1.82, 2.24) is 14.8 Å². The molecule has 0 fully saturated rings. The maximum Gasteiger partial charge on any atom is 0.319 e. The Labute approximate surface area is 151 Å². The van der Waals surface area contributed by atoms with Crippen molar-refractivity contribution < 1.29 is 14.3 Å². The van der Waals surface area contributed by atoms with E-state index in [2.05, 4.69) is 19.7 Å². The van der Waals surface area contributed by atoms with E-state index in [0.717, 1.165) is 35.6 Å². The fourth-order valence-electron chi connectivity index (χ4n) is 2.73. The summed E-state index contributed by atoms with van der Waals surface area (Å²) in [6.07, 6.45) is 0.688. The fraction of sp³-hybridized carbons (Fsp3) is 0.471. The maximum absolute atomic E-state index is 12.0. The van der Waals surface area contributed by atoms with E-state index in [1.165, 1.54) is 11.8 Å². The lowest BCUT2D eigenvalue weighted by Gasteiger charge is -2.15. The van der Waals surface area contributed by atoms with Gasteiger partial charge in [0.2, 0.25) is 5.95 Å². The van der Waals surface area contributed by atoms with Gasteiger partial charge in [-0.05, 0) is 37.6 Å².